The van der Waals surface area contributed by atoms with Gasteiger partial charge in [-0.3, -0.25) is 9.98 Å². The molecule has 25 heavy (non-hydrogen) atoms. The van der Waals surface area contributed by atoms with Gasteiger partial charge in [-0.05, 0) is 37.1 Å². The van der Waals surface area contributed by atoms with E-state index in [0.29, 0.717) is 0 Å². The number of hydrogen-bond acceptors (Lipinski definition) is 2. The van der Waals surface area contributed by atoms with Gasteiger partial charge in [0, 0.05) is 12.4 Å². The second-order valence-electron chi connectivity index (χ2n) is 5.38. The van der Waals surface area contributed by atoms with E-state index in [1.165, 1.54) is 0 Å². The van der Waals surface area contributed by atoms with Crippen LogP contribution < -0.4 is 4.98 Å². The van der Waals surface area contributed by atoms with Crippen molar-refractivity contribution in [1.29, 1.82) is 0 Å². The van der Waals surface area contributed by atoms with Gasteiger partial charge in [-0.15, -0.1) is 11.4 Å². The second kappa shape index (κ2) is 9.77. The van der Waals surface area contributed by atoms with Crippen LogP contribution in [0.1, 0.15) is 22.5 Å². The Morgan fingerprint density at radius 2 is 1.08 bits per heavy atom. The average Bonchev–Trinajstić information content (AvgIpc) is 3.01. The fraction of sp³-hybridized carbons (Fsp3) is 0.0952. The summed E-state index contributed by atoms with van der Waals surface area (Å²) in [6.07, 6.45) is 3.57. The van der Waals surface area contributed by atoms with Crippen LogP contribution >= 0.6 is 0 Å². The summed E-state index contributed by atoms with van der Waals surface area (Å²) < 4.78 is 0. The smallest absolute Gasteiger partial charge is 0.655 e. The molecule has 1 aromatic heterocycles. The molecule has 4 heteroatoms. The molecule has 0 saturated carbocycles. The monoisotopic (exact) mass is 371 g/mol. The number of hydrogen-bond donors (Lipinski definition) is 0. The Balaban J connectivity index is 0.00000156. The molecule has 3 nitrogen and oxygen atoms in total. The van der Waals surface area contributed by atoms with Gasteiger partial charge in [0.05, 0.1) is 11.4 Å². The fourth-order valence-electron chi connectivity index (χ4n) is 2.23. The van der Waals surface area contributed by atoms with Crippen molar-refractivity contribution in [2.24, 2.45) is 9.98 Å². The maximum absolute atomic E-state index is 4.50. The van der Waals surface area contributed by atoms with E-state index in [9.17, 15) is 0 Å². The number of aryl methyl sites for hydroxylation is 2. The SMILES string of the molecule is Cc1ccccc1N=Cc1ccc(C=Nc2ccccc2C)[n-]1.[CH3-].[Fe+2]. The first-order chi connectivity index (χ1) is 11.2. The van der Waals surface area contributed by atoms with E-state index in [1.807, 2.05) is 74.5 Å². The van der Waals surface area contributed by atoms with Gasteiger partial charge in [-0.1, -0.05) is 48.5 Å². The van der Waals surface area contributed by atoms with Crippen molar-refractivity contribution in [1.82, 2.24) is 4.98 Å². The van der Waals surface area contributed by atoms with Crippen molar-refractivity contribution < 1.29 is 17.1 Å². The zero-order valence-electron chi connectivity index (χ0n) is 14.6. The largest absolute Gasteiger partial charge is 2.00 e. The molecule has 0 aliphatic rings. The van der Waals surface area contributed by atoms with Gasteiger partial charge >= 0.3 is 17.1 Å². The predicted octanol–water partition coefficient (Wildman–Crippen LogP) is 5.21. The summed E-state index contributed by atoms with van der Waals surface area (Å²) >= 11 is 0. The molecule has 3 aromatic rings. The van der Waals surface area contributed by atoms with Gasteiger partial charge in [-0.2, -0.15) is 0 Å². The van der Waals surface area contributed by atoms with Crippen molar-refractivity contribution in [3.8, 4) is 0 Å². The standard InChI is InChI=1S/C20H18N3.CH3.Fe/c1-15-7-3-5-9-19(15)21-13-17-11-12-18(23-17)14-22-20-10-6-4-8-16(20)2;;/h3-14H,1-2H3;1H3;/q2*-1;+2. The molecule has 0 radical (unpaired) electrons. The first kappa shape index (κ1) is 20.6. The summed E-state index contributed by atoms with van der Waals surface area (Å²) in [5.74, 6) is 0. The van der Waals surface area contributed by atoms with Crippen molar-refractivity contribution >= 4 is 23.8 Å². The van der Waals surface area contributed by atoms with Crippen LogP contribution in [0.4, 0.5) is 11.4 Å². The fourth-order valence-corrected chi connectivity index (χ4v) is 2.23. The van der Waals surface area contributed by atoms with Crippen molar-refractivity contribution in [3.63, 3.8) is 0 Å². The Hall–Kier alpha value is -2.42. The summed E-state index contributed by atoms with van der Waals surface area (Å²) in [5.41, 5.74) is 5.89. The minimum absolute atomic E-state index is 0. The minimum atomic E-state index is 0. The van der Waals surface area contributed by atoms with E-state index in [-0.39, 0.29) is 24.5 Å². The zero-order chi connectivity index (χ0) is 16.1. The number of rotatable bonds is 4. The quantitative estimate of drug-likeness (QED) is 0.353. The average molecular weight is 371 g/mol. The number of benzene rings is 2. The van der Waals surface area contributed by atoms with E-state index in [1.54, 1.807) is 12.4 Å². The number of aliphatic imine (C=N–C) groups is 2. The first-order valence-corrected chi connectivity index (χ1v) is 7.55. The summed E-state index contributed by atoms with van der Waals surface area (Å²) in [6, 6.07) is 20.0. The van der Waals surface area contributed by atoms with E-state index in [4.69, 9.17) is 0 Å². The van der Waals surface area contributed by atoms with Gasteiger partial charge < -0.3 is 12.4 Å². The topological polar surface area (TPSA) is 38.8 Å². The van der Waals surface area contributed by atoms with Crippen LogP contribution in [0.3, 0.4) is 0 Å². The molecular weight excluding hydrogens is 350 g/mol. The van der Waals surface area contributed by atoms with Crippen molar-refractivity contribution in [2.45, 2.75) is 13.8 Å². The molecule has 0 atom stereocenters. The molecule has 1 heterocycles. The molecule has 0 N–H and O–H groups in total. The van der Waals surface area contributed by atoms with Crippen molar-refractivity contribution in [3.05, 3.63) is 90.6 Å². The predicted molar refractivity (Wildman–Crippen MR) is 103 cm³/mol. The van der Waals surface area contributed by atoms with Gasteiger partial charge in [0.1, 0.15) is 0 Å². The molecule has 2 aromatic carbocycles. The van der Waals surface area contributed by atoms with Gasteiger partial charge in [0.25, 0.3) is 0 Å². The summed E-state index contributed by atoms with van der Waals surface area (Å²) in [7, 11) is 0. The van der Waals surface area contributed by atoms with Crippen LogP contribution in [0.5, 0.6) is 0 Å². The van der Waals surface area contributed by atoms with E-state index in [2.05, 4.69) is 15.0 Å². The van der Waals surface area contributed by atoms with Crippen LogP contribution in [0.2, 0.25) is 0 Å². The zero-order valence-corrected chi connectivity index (χ0v) is 15.7. The minimum Gasteiger partial charge on any atom is -0.655 e. The molecule has 0 saturated heterocycles. The molecule has 0 aliphatic heterocycles. The Morgan fingerprint density at radius 1 is 0.680 bits per heavy atom. The Morgan fingerprint density at radius 3 is 1.48 bits per heavy atom. The van der Waals surface area contributed by atoms with Gasteiger partial charge in [0.15, 0.2) is 0 Å². The molecule has 128 valence electrons. The molecule has 0 unspecified atom stereocenters. The molecule has 0 bridgehead atoms. The molecule has 0 amide bonds. The van der Waals surface area contributed by atoms with Gasteiger partial charge in [0.2, 0.25) is 0 Å². The third kappa shape index (κ3) is 5.56. The molecule has 0 fully saturated rings. The Bertz CT molecular complexity index is 793. The van der Waals surface area contributed by atoms with Crippen LogP contribution in [-0.2, 0) is 17.1 Å². The number of para-hydroxylation sites is 2. The first-order valence-electron chi connectivity index (χ1n) is 7.55. The Labute approximate surface area is 160 Å². The van der Waals surface area contributed by atoms with E-state index in [0.717, 1.165) is 33.9 Å². The second-order valence-corrected chi connectivity index (χ2v) is 5.38. The maximum atomic E-state index is 4.50. The van der Waals surface area contributed by atoms with Crippen LogP contribution in [0.25, 0.3) is 0 Å². The molecule has 0 spiro atoms. The van der Waals surface area contributed by atoms with E-state index < -0.39 is 0 Å². The third-order valence-corrected chi connectivity index (χ3v) is 3.59. The summed E-state index contributed by atoms with van der Waals surface area (Å²) in [6.45, 7) is 4.09. The van der Waals surface area contributed by atoms with Crippen LogP contribution in [0, 0.1) is 21.3 Å². The number of nitrogens with zero attached hydrogens (tertiary/aromatic N) is 3. The normalized spacial score (nSPS) is 10.6. The van der Waals surface area contributed by atoms with Crippen LogP contribution in [-0.4, -0.2) is 12.4 Å². The maximum Gasteiger partial charge on any atom is 2.00 e. The van der Waals surface area contributed by atoms with Crippen molar-refractivity contribution in [2.75, 3.05) is 0 Å². The molecular formula is C21H21FeN3. The number of aromatic nitrogens is 1. The molecule has 0 aliphatic carbocycles. The van der Waals surface area contributed by atoms with E-state index >= 15 is 0 Å². The molecule has 3 rings (SSSR count). The summed E-state index contributed by atoms with van der Waals surface area (Å²) in [4.78, 5) is 13.5. The third-order valence-electron chi connectivity index (χ3n) is 3.59. The Kier molecular flexibility index (Phi) is 8.06. The van der Waals surface area contributed by atoms with Crippen LogP contribution in [0.15, 0.2) is 70.6 Å². The summed E-state index contributed by atoms with van der Waals surface area (Å²) in [5, 5.41) is 0. The van der Waals surface area contributed by atoms with Gasteiger partial charge in [-0.25, -0.2) is 0 Å².